The van der Waals surface area contributed by atoms with E-state index in [-0.39, 0.29) is 0 Å². The first-order valence-electron chi connectivity index (χ1n) is 6.63. The maximum absolute atomic E-state index is 12.9. The lowest BCUT2D eigenvalue weighted by molar-refractivity contribution is -0.138. The van der Waals surface area contributed by atoms with Crippen molar-refractivity contribution in [3.05, 3.63) is 29.6 Å². The first kappa shape index (κ1) is 16.7. The third-order valence-electron chi connectivity index (χ3n) is 3.78. The molecule has 1 rings (SSSR count). The highest BCUT2D eigenvalue weighted by molar-refractivity contribution is 6.79. The fourth-order valence-corrected chi connectivity index (χ4v) is 4.79. The molecule has 3 nitrogen and oxygen atoms in total. The molecule has 112 valence electrons. The first-order chi connectivity index (χ1) is 9.29. The first-order valence-corrected chi connectivity index (χ1v) is 9.25. The van der Waals surface area contributed by atoms with Gasteiger partial charge < -0.3 is 4.98 Å². The maximum Gasteiger partial charge on any atom is 0.417 e. The van der Waals surface area contributed by atoms with E-state index in [0.29, 0.717) is 0 Å². The van der Waals surface area contributed by atoms with Gasteiger partial charge in [0.15, 0.2) is 8.24 Å². The number of amides is 1. The third kappa shape index (κ3) is 3.59. The van der Waals surface area contributed by atoms with Crippen molar-refractivity contribution in [2.24, 2.45) is 0 Å². The van der Waals surface area contributed by atoms with Crippen molar-refractivity contribution in [1.82, 2.24) is 9.97 Å². The summed E-state index contributed by atoms with van der Waals surface area (Å²) in [6.45, 7) is 5.90. The van der Waals surface area contributed by atoms with Gasteiger partial charge in [0.05, 0.1) is 11.1 Å². The van der Waals surface area contributed by atoms with Crippen molar-refractivity contribution in [1.29, 1.82) is 0 Å². The zero-order chi connectivity index (χ0) is 15.4. The van der Waals surface area contributed by atoms with Crippen LogP contribution in [0.3, 0.4) is 0 Å². The summed E-state index contributed by atoms with van der Waals surface area (Å²) in [5.41, 5.74) is -1.33. The van der Waals surface area contributed by atoms with Crippen LogP contribution >= 0.6 is 0 Å². The number of nitrogens with one attached hydrogen (secondary N) is 1. The summed E-state index contributed by atoms with van der Waals surface area (Å²) in [5.74, 6) is -0.664. The second-order valence-electron chi connectivity index (χ2n) is 4.71. The molecule has 1 N–H and O–H groups in total. The van der Waals surface area contributed by atoms with E-state index < -0.39 is 31.4 Å². The molecule has 0 saturated heterocycles. The number of nitrogens with zero attached hydrogens (tertiary/aromatic N) is 1. The molecule has 7 heteroatoms. The topological polar surface area (TPSA) is 42.0 Å². The number of hydrogen-bond acceptors (Lipinski definition) is 2. The van der Waals surface area contributed by atoms with E-state index in [9.17, 15) is 18.0 Å². The Hall–Kier alpha value is -1.37. The standard InChI is InChI=1S/C13H19F3N2OSi/c1-4-20(5-2,6-3)18-12(19)10-9-17-8-7-11(10)13(14,15)16/h7-9H,4-6H2,1-3H3,(H,18,19). The fourth-order valence-electron chi connectivity index (χ4n) is 2.15. The third-order valence-corrected chi connectivity index (χ3v) is 8.60. The van der Waals surface area contributed by atoms with Crippen LogP contribution in [0, 0.1) is 0 Å². The molecule has 1 aromatic heterocycles. The molecule has 0 unspecified atom stereocenters. The molecular formula is C13H19F3N2OSi. The number of pyridine rings is 1. The molecule has 0 spiro atoms. The number of carbonyl (C=O) groups is 1. The number of carbonyl (C=O) groups excluding carboxylic acids is 1. The van der Waals surface area contributed by atoms with Crippen molar-refractivity contribution < 1.29 is 18.0 Å². The Bertz CT molecular complexity index is 465. The molecular weight excluding hydrogens is 285 g/mol. The molecule has 1 heterocycles. The van der Waals surface area contributed by atoms with Gasteiger partial charge in [-0.05, 0) is 24.2 Å². The minimum Gasteiger partial charge on any atom is -0.378 e. The van der Waals surface area contributed by atoms with Gasteiger partial charge in [-0.1, -0.05) is 20.8 Å². The van der Waals surface area contributed by atoms with Crippen molar-refractivity contribution in [2.75, 3.05) is 0 Å². The number of hydrogen-bond donors (Lipinski definition) is 1. The molecule has 0 saturated carbocycles. The zero-order valence-electron chi connectivity index (χ0n) is 11.8. The second-order valence-corrected chi connectivity index (χ2v) is 9.65. The average Bonchev–Trinajstić information content (AvgIpc) is 2.44. The Kier molecular flexibility index (Phi) is 5.32. The van der Waals surface area contributed by atoms with E-state index in [1.54, 1.807) is 0 Å². The molecule has 0 aliphatic carbocycles. The Labute approximate surface area is 117 Å². The van der Waals surface area contributed by atoms with E-state index in [0.717, 1.165) is 36.6 Å². The van der Waals surface area contributed by atoms with E-state index in [1.165, 1.54) is 0 Å². The van der Waals surface area contributed by atoms with Gasteiger partial charge in [-0.3, -0.25) is 9.78 Å². The van der Waals surface area contributed by atoms with Gasteiger partial charge in [-0.25, -0.2) is 0 Å². The van der Waals surface area contributed by atoms with E-state index in [2.05, 4.69) is 9.97 Å². The number of rotatable bonds is 5. The van der Waals surface area contributed by atoms with Gasteiger partial charge in [0.1, 0.15) is 0 Å². The lowest BCUT2D eigenvalue weighted by atomic mass is 10.1. The second kappa shape index (κ2) is 6.38. The monoisotopic (exact) mass is 304 g/mol. The zero-order valence-corrected chi connectivity index (χ0v) is 12.8. The Morgan fingerprint density at radius 2 is 1.80 bits per heavy atom. The van der Waals surface area contributed by atoms with Crippen molar-refractivity contribution >= 4 is 14.1 Å². The summed E-state index contributed by atoms with van der Waals surface area (Å²) in [6.07, 6.45) is -2.52. The lowest BCUT2D eigenvalue weighted by Crippen LogP contribution is -2.52. The highest BCUT2D eigenvalue weighted by Gasteiger charge is 2.37. The van der Waals surface area contributed by atoms with E-state index in [4.69, 9.17) is 0 Å². The van der Waals surface area contributed by atoms with Crippen LogP contribution in [0.15, 0.2) is 18.5 Å². The molecule has 0 aliphatic rings. The molecule has 0 radical (unpaired) electrons. The largest absolute Gasteiger partial charge is 0.417 e. The Morgan fingerprint density at radius 1 is 1.25 bits per heavy atom. The van der Waals surface area contributed by atoms with Gasteiger partial charge in [0, 0.05) is 12.4 Å². The van der Waals surface area contributed by atoms with Gasteiger partial charge in [-0.15, -0.1) is 0 Å². The van der Waals surface area contributed by atoms with Crippen LogP contribution in [-0.2, 0) is 6.18 Å². The molecule has 20 heavy (non-hydrogen) atoms. The summed E-state index contributed by atoms with van der Waals surface area (Å²) in [4.78, 5) is 18.7. The molecule has 1 aromatic rings. The van der Waals surface area contributed by atoms with Crippen LogP contribution < -0.4 is 4.98 Å². The normalized spacial score (nSPS) is 12.3. The smallest absolute Gasteiger partial charge is 0.378 e. The van der Waals surface area contributed by atoms with Crippen LogP contribution in [0.5, 0.6) is 0 Å². The lowest BCUT2D eigenvalue weighted by Gasteiger charge is -2.29. The highest BCUT2D eigenvalue weighted by Crippen LogP contribution is 2.31. The molecule has 0 fully saturated rings. The fraction of sp³-hybridized carbons (Fsp3) is 0.538. The quantitative estimate of drug-likeness (QED) is 0.840. The summed E-state index contributed by atoms with van der Waals surface area (Å²) >= 11 is 0. The summed E-state index contributed by atoms with van der Waals surface area (Å²) in [6, 6.07) is 3.23. The van der Waals surface area contributed by atoms with Crippen LogP contribution in [0.4, 0.5) is 13.2 Å². The van der Waals surface area contributed by atoms with Crippen molar-refractivity contribution in [2.45, 2.75) is 45.1 Å². The molecule has 0 aromatic carbocycles. The number of halogens is 3. The molecule has 0 atom stereocenters. The number of aromatic nitrogens is 1. The Balaban J connectivity index is 3.11. The summed E-state index contributed by atoms with van der Waals surface area (Å²) in [5, 5.41) is 0. The van der Waals surface area contributed by atoms with Gasteiger partial charge >= 0.3 is 6.18 Å². The number of alkyl halides is 3. The SMILES string of the molecule is CC[Si](CC)(CC)NC(=O)c1cnccc1C(F)(F)F. The Morgan fingerprint density at radius 3 is 2.25 bits per heavy atom. The highest BCUT2D eigenvalue weighted by atomic mass is 28.3. The van der Waals surface area contributed by atoms with Crippen LogP contribution in [-0.4, -0.2) is 19.1 Å². The van der Waals surface area contributed by atoms with Crippen LogP contribution in [0.25, 0.3) is 0 Å². The molecule has 0 bridgehead atoms. The molecule has 0 aliphatic heterocycles. The van der Waals surface area contributed by atoms with Crippen molar-refractivity contribution in [3.63, 3.8) is 0 Å². The van der Waals surface area contributed by atoms with Crippen LogP contribution in [0.2, 0.25) is 18.1 Å². The summed E-state index contributed by atoms with van der Waals surface area (Å²) < 4.78 is 38.7. The van der Waals surface area contributed by atoms with Gasteiger partial charge in [-0.2, -0.15) is 13.2 Å². The minimum absolute atomic E-state index is 0.396. The minimum atomic E-state index is -4.55. The van der Waals surface area contributed by atoms with E-state index >= 15 is 0 Å². The van der Waals surface area contributed by atoms with E-state index in [1.807, 2.05) is 20.8 Å². The average molecular weight is 304 g/mol. The molecule has 1 amide bonds. The van der Waals surface area contributed by atoms with Crippen LogP contribution in [0.1, 0.15) is 36.7 Å². The van der Waals surface area contributed by atoms with Gasteiger partial charge in [0.25, 0.3) is 0 Å². The predicted octanol–water partition coefficient (Wildman–Crippen LogP) is 3.84. The maximum atomic E-state index is 12.9. The van der Waals surface area contributed by atoms with Crippen molar-refractivity contribution in [3.8, 4) is 0 Å². The van der Waals surface area contributed by atoms with Gasteiger partial charge in [0.2, 0.25) is 5.91 Å². The predicted molar refractivity (Wildman–Crippen MR) is 73.9 cm³/mol. The summed E-state index contributed by atoms with van der Waals surface area (Å²) in [7, 11) is -2.04.